The Hall–Kier alpha value is -1.52. The lowest BCUT2D eigenvalue weighted by molar-refractivity contribution is 1.23. The summed E-state index contributed by atoms with van der Waals surface area (Å²) in [5.41, 5.74) is 0.855. The van der Waals surface area contributed by atoms with Crippen molar-refractivity contribution in [3.8, 4) is 10.7 Å². The molecule has 3 nitrogen and oxygen atoms in total. The second-order valence-electron chi connectivity index (χ2n) is 3.60. The average molecular weight is 262 g/mol. The predicted molar refractivity (Wildman–Crippen MR) is 70.4 cm³/mol. The van der Waals surface area contributed by atoms with E-state index < -0.39 is 0 Å². The highest BCUT2D eigenvalue weighted by Crippen LogP contribution is 2.27. The first-order chi connectivity index (χ1) is 8.24. The molecule has 3 aromatic rings. The van der Waals surface area contributed by atoms with E-state index in [-0.39, 0.29) is 0 Å². The third-order valence-electron chi connectivity index (χ3n) is 2.40. The van der Waals surface area contributed by atoms with E-state index in [1.807, 2.05) is 31.2 Å². The van der Waals surface area contributed by atoms with Crippen molar-refractivity contribution in [3.05, 3.63) is 40.6 Å². The molecule has 0 bridgehead atoms. The second-order valence-corrected chi connectivity index (χ2v) is 5.19. The van der Waals surface area contributed by atoms with Crippen LogP contribution in [0, 0.1) is 6.92 Å². The van der Waals surface area contributed by atoms with E-state index in [0.717, 1.165) is 20.8 Å². The smallest absolute Gasteiger partial charge is 0.173 e. The summed E-state index contributed by atoms with van der Waals surface area (Å²) in [5.74, 6) is 0.638. The van der Waals surface area contributed by atoms with Crippen molar-refractivity contribution < 1.29 is 0 Å². The third-order valence-corrected chi connectivity index (χ3v) is 3.60. The van der Waals surface area contributed by atoms with Gasteiger partial charge in [0.05, 0.1) is 15.4 Å². The molecule has 2 aromatic heterocycles. The van der Waals surface area contributed by atoms with Gasteiger partial charge in [0.25, 0.3) is 0 Å². The summed E-state index contributed by atoms with van der Waals surface area (Å²) in [4.78, 5) is 13.9. The van der Waals surface area contributed by atoms with Crippen LogP contribution in [-0.2, 0) is 0 Å². The van der Waals surface area contributed by atoms with Crippen LogP contribution in [0.2, 0.25) is 5.15 Å². The fraction of sp³-hybridized carbons (Fsp3) is 0.0833. The molecule has 0 aliphatic carbocycles. The van der Waals surface area contributed by atoms with E-state index in [9.17, 15) is 0 Å². The molecule has 17 heavy (non-hydrogen) atoms. The van der Waals surface area contributed by atoms with Gasteiger partial charge in [-0.05, 0) is 19.1 Å². The zero-order chi connectivity index (χ0) is 11.8. The maximum absolute atomic E-state index is 6.15. The van der Waals surface area contributed by atoms with E-state index in [4.69, 9.17) is 11.6 Å². The summed E-state index contributed by atoms with van der Waals surface area (Å²) in [7, 11) is 0. The van der Waals surface area contributed by atoms with Crippen molar-refractivity contribution in [1.82, 2.24) is 15.0 Å². The molecule has 0 amide bonds. The van der Waals surface area contributed by atoms with Gasteiger partial charge < -0.3 is 0 Å². The standard InChI is InChI=1S/C12H8ClN3S/c1-7-14-6-10(17-7)12-15-9-5-3-2-4-8(9)11(13)16-12/h2-6H,1H3. The lowest BCUT2D eigenvalue weighted by Gasteiger charge is -2.01. The summed E-state index contributed by atoms with van der Waals surface area (Å²) in [6.45, 7) is 1.96. The van der Waals surface area contributed by atoms with Crippen molar-refractivity contribution in [1.29, 1.82) is 0 Å². The van der Waals surface area contributed by atoms with Gasteiger partial charge in [-0.1, -0.05) is 23.7 Å². The predicted octanol–water partition coefficient (Wildman–Crippen LogP) is 3.72. The van der Waals surface area contributed by atoms with Crippen LogP contribution < -0.4 is 0 Å². The minimum absolute atomic E-state index is 0.483. The number of aromatic nitrogens is 3. The quantitative estimate of drug-likeness (QED) is 0.627. The number of hydrogen-bond donors (Lipinski definition) is 0. The first-order valence-corrected chi connectivity index (χ1v) is 6.28. The number of fused-ring (bicyclic) bond motifs is 1. The van der Waals surface area contributed by atoms with Crippen LogP contribution in [0.15, 0.2) is 30.5 Å². The van der Waals surface area contributed by atoms with Crippen molar-refractivity contribution in [3.63, 3.8) is 0 Å². The van der Waals surface area contributed by atoms with Crippen LogP contribution in [0.3, 0.4) is 0 Å². The van der Waals surface area contributed by atoms with Gasteiger partial charge in [0.2, 0.25) is 0 Å². The van der Waals surface area contributed by atoms with E-state index in [1.165, 1.54) is 0 Å². The Morgan fingerprint density at radius 3 is 2.76 bits per heavy atom. The van der Waals surface area contributed by atoms with E-state index in [2.05, 4.69) is 15.0 Å². The molecule has 84 valence electrons. The van der Waals surface area contributed by atoms with Crippen LogP contribution in [0.25, 0.3) is 21.6 Å². The normalized spacial score (nSPS) is 10.9. The van der Waals surface area contributed by atoms with E-state index in [1.54, 1.807) is 17.5 Å². The SMILES string of the molecule is Cc1ncc(-c2nc(Cl)c3ccccc3n2)s1. The molecule has 5 heteroatoms. The number of nitrogens with zero attached hydrogens (tertiary/aromatic N) is 3. The van der Waals surface area contributed by atoms with Gasteiger partial charge in [-0.2, -0.15) is 0 Å². The van der Waals surface area contributed by atoms with Gasteiger partial charge >= 0.3 is 0 Å². The van der Waals surface area contributed by atoms with Gasteiger partial charge in [-0.3, -0.25) is 0 Å². The number of rotatable bonds is 1. The maximum atomic E-state index is 6.15. The molecule has 3 rings (SSSR count). The molecular formula is C12H8ClN3S. The fourth-order valence-electron chi connectivity index (χ4n) is 1.61. The van der Waals surface area contributed by atoms with Gasteiger partial charge in [0.15, 0.2) is 5.82 Å². The van der Waals surface area contributed by atoms with Crippen LogP contribution in [0.1, 0.15) is 5.01 Å². The minimum Gasteiger partial charge on any atom is -0.249 e. The Balaban J connectivity index is 2.25. The van der Waals surface area contributed by atoms with Gasteiger partial charge in [0, 0.05) is 11.6 Å². The van der Waals surface area contributed by atoms with Gasteiger partial charge in [0.1, 0.15) is 5.15 Å². The van der Waals surface area contributed by atoms with Crippen molar-refractivity contribution in [2.75, 3.05) is 0 Å². The molecule has 0 aliphatic heterocycles. The van der Waals surface area contributed by atoms with Gasteiger partial charge in [-0.25, -0.2) is 15.0 Å². The summed E-state index contributed by atoms with van der Waals surface area (Å²) >= 11 is 7.72. The largest absolute Gasteiger partial charge is 0.249 e. The average Bonchev–Trinajstić information content (AvgIpc) is 2.76. The lowest BCUT2D eigenvalue weighted by atomic mass is 10.2. The Kier molecular flexibility index (Phi) is 2.53. The number of para-hydroxylation sites is 1. The van der Waals surface area contributed by atoms with Crippen LogP contribution >= 0.6 is 22.9 Å². The Labute approximate surface area is 107 Å². The number of benzene rings is 1. The first-order valence-electron chi connectivity index (χ1n) is 5.09. The molecule has 0 unspecified atom stereocenters. The highest BCUT2D eigenvalue weighted by molar-refractivity contribution is 7.14. The van der Waals surface area contributed by atoms with Gasteiger partial charge in [-0.15, -0.1) is 11.3 Å². The summed E-state index contributed by atoms with van der Waals surface area (Å²) in [6, 6.07) is 7.71. The topological polar surface area (TPSA) is 38.7 Å². The van der Waals surface area contributed by atoms with E-state index in [0.29, 0.717) is 11.0 Å². The molecule has 0 aliphatic rings. The Bertz CT molecular complexity index is 693. The molecule has 0 N–H and O–H groups in total. The molecule has 0 radical (unpaired) electrons. The maximum Gasteiger partial charge on any atom is 0.173 e. The summed E-state index contributed by atoms with van der Waals surface area (Å²) in [5, 5.41) is 2.35. The lowest BCUT2D eigenvalue weighted by Crippen LogP contribution is -1.89. The zero-order valence-corrected chi connectivity index (χ0v) is 10.6. The summed E-state index contributed by atoms with van der Waals surface area (Å²) < 4.78 is 0. The molecule has 0 saturated carbocycles. The highest BCUT2D eigenvalue weighted by atomic mass is 35.5. The molecule has 0 saturated heterocycles. The third kappa shape index (κ3) is 1.90. The molecule has 1 aromatic carbocycles. The first kappa shape index (κ1) is 10.6. The number of aryl methyl sites for hydroxylation is 1. The Morgan fingerprint density at radius 2 is 2.00 bits per heavy atom. The van der Waals surface area contributed by atoms with Crippen molar-refractivity contribution >= 4 is 33.8 Å². The zero-order valence-electron chi connectivity index (χ0n) is 9.01. The van der Waals surface area contributed by atoms with Crippen molar-refractivity contribution in [2.24, 2.45) is 0 Å². The second kappa shape index (κ2) is 4.05. The molecule has 0 spiro atoms. The molecule has 2 heterocycles. The van der Waals surface area contributed by atoms with Crippen LogP contribution in [0.4, 0.5) is 0 Å². The van der Waals surface area contributed by atoms with Crippen LogP contribution in [0.5, 0.6) is 0 Å². The molecular weight excluding hydrogens is 254 g/mol. The monoisotopic (exact) mass is 261 g/mol. The minimum atomic E-state index is 0.483. The van der Waals surface area contributed by atoms with Crippen LogP contribution in [-0.4, -0.2) is 15.0 Å². The molecule has 0 fully saturated rings. The van der Waals surface area contributed by atoms with E-state index >= 15 is 0 Å². The fourth-order valence-corrected chi connectivity index (χ4v) is 2.56. The molecule has 0 atom stereocenters. The number of thiazole rings is 1. The summed E-state index contributed by atoms with van der Waals surface area (Å²) in [6.07, 6.45) is 1.78. The van der Waals surface area contributed by atoms with Crippen molar-refractivity contribution in [2.45, 2.75) is 6.92 Å². The number of halogens is 1. The Morgan fingerprint density at radius 1 is 1.18 bits per heavy atom. The number of hydrogen-bond acceptors (Lipinski definition) is 4. The highest BCUT2D eigenvalue weighted by Gasteiger charge is 2.09.